The highest BCUT2D eigenvalue weighted by Crippen LogP contribution is 2.43. The van der Waals surface area contributed by atoms with Crippen LogP contribution in [0.4, 0.5) is 14.6 Å². The van der Waals surface area contributed by atoms with Crippen LogP contribution in [0.25, 0.3) is 17.3 Å². The summed E-state index contributed by atoms with van der Waals surface area (Å²) in [5.41, 5.74) is -0.709. The third-order valence-corrected chi connectivity index (χ3v) is 7.71. The van der Waals surface area contributed by atoms with Gasteiger partial charge in [-0.15, -0.1) is 0 Å². The number of anilines is 1. The Morgan fingerprint density at radius 3 is 2.26 bits per heavy atom. The summed E-state index contributed by atoms with van der Waals surface area (Å²) >= 11 is 0. The second-order valence-electron chi connectivity index (χ2n) is 11.6. The Hall–Kier alpha value is -5.17. The van der Waals surface area contributed by atoms with Crippen LogP contribution in [-0.4, -0.2) is 60.2 Å². The normalized spacial score (nSPS) is 18.3. The second kappa shape index (κ2) is 12.7. The summed E-state index contributed by atoms with van der Waals surface area (Å²) in [6.45, 7) is 9.08. The van der Waals surface area contributed by atoms with Gasteiger partial charge in [-0.25, -0.2) is 33.2 Å². The first-order valence-corrected chi connectivity index (χ1v) is 14.7. The molecule has 2 aromatic heterocycles. The predicted octanol–water partition coefficient (Wildman–Crippen LogP) is 4.80. The summed E-state index contributed by atoms with van der Waals surface area (Å²) in [6.07, 6.45) is 9.76. The minimum Gasteiger partial charge on any atom is -0.335 e. The molecule has 4 heterocycles. The van der Waals surface area contributed by atoms with Crippen molar-refractivity contribution >= 4 is 34.9 Å². The molecule has 0 saturated carbocycles. The number of carbonyl (C=O) groups is 3. The average Bonchev–Trinajstić information content (AvgIpc) is 3.00. The van der Waals surface area contributed by atoms with E-state index in [-0.39, 0.29) is 65.8 Å². The van der Waals surface area contributed by atoms with E-state index in [1.54, 1.807) is 6.08 Å². The smallest absolute Gasteiger partial charge is 0.335 e. The van der Waals surface area contributed by atoms with Gasteiger partial charge in [0.25, 0.3) is 0 Å². The summed E-state index contributed by atoms with van der Waals surface area (Å²) in [7, 11) is 0. The molecule has 46 heavy (non-hydrogen) atoms. The largest absolute Gasteiger partial charge is 0.354 e. The number of allylic oxidation sites excluding steroid dienone is 7. The third kappa shape index (κ3) is 5.81. The van der Waals surface area contributed by atoms with Crippen molar-refractivity contribution in [3.05, 3.63) is 98.8 Å². The summed E-state index contributed by atoms with van der Waals surface area (Å²) < 4.78 is 32.1. The quantitative estimate of drug-likeness (QED) is 0.446. The fourth-order valence-electron chi connectivity index (χ4n) is 5.53. The van der Waals surface area contributed by atoms with Crippen molar-refractivity contribution < 1.29 is 28.4 Å². The number of aromatic nitrogens is 4. The van der Waals surface area contributed by atoms with E-state index in [9.17, 15) is 24.4 Å². The molecule has 0 bridgehead atoms. The van der Waals surface area contributed by atoms with Gasteiger partial charge in [0.15, 0.2) is 23.2 Å². The minimum atomic E-state index is -1.13. The van der Waals surface area contributed by atoms with Gasteiger partial charge in [-0.2, -0.15) is 4.98 Å². The first kappa shape index (κ1) is 32.2. The minimum absolute atomic E-state index is 0.0112. The van der Waals surface area contributed by atoms with Gasteiger partial charge in [0.05, 0.1) is 28.3 Å². The van der Waals surface area contributed by atoms with Gasteiger partial charge in [-0.3, -0.25) is 19.6 Å². The van der Waals surface area contributed by atoms with Crippen molar-refractivity contribution in [2.75, 3.05) is 18.2 Å². The van der Waals surface area contributed by atoms with E-state index in [1.165, 1.54) is 36.4 Å². The van der Waals surface area contributed by atoms with E-state index in [0.29, 0.717) is 22.0 Å². The molecule has 238 valence electrons. The van der Waals surface area contributed by atoms with E-state index in [4.69, 9.17) is 0 Å². The van der Waals surface area contributed by atoms with E-state index in [1.807, 2.05) is 27.7 Å². The summed E-state index contributed by atoms with van der Waals surface area (Å²) in [5.74, 6) is -4.48. The Kier molecular flexibility index (Phi) is 8.88. The third-order valence-electron chi connectivity index (χ3n) is 7.71. The van der Waals surface area contributed by atoms with E-state index >= 15 is 8.78 Å². The van der Waals surface area contributed by atoms with Crippen LogP contribution < -0.4 is 10.8 Å². The molecule has 0 atom stereocenters. The molecule has 2 aliphatic heterocycles. The standard InChI is InChI=1S/C33H32F2N6O5/c1-17(2)27-31(28(18(3)4)37-16-36-27)40-32-21(15-23(35)30(41(32)46)26-22(34)7-6-8-24(26)43)29(38-33(40)45)20-11-13-39(14-12-20)25(44)10-9-19(5)42/h6-11,15-18,46H,12-14H2,1-5H3/b10-9+,30-26-. The molecule has 1 amide bonds. The molecule has 2 aromatic rings. The fourth-order valence-corrected chi connectivity index (χ4v) is 5.53. The van der Waals surface area contributed by atoms with Crippen LogP contribution in [0, 0.1) is 0 Å². The molecule has 0 spiro atoms. The lowest BCUT2D eigenvalue weighted by molar-refractivity contribution is -0.126. The maximum Gasteiger partial charge on any atom is 0.354 e. The maximum absolute atomic E-state index is 16.0. The molecule has 0 fully saturated rings. The van der Waals surface area contributed by atoms with Crippen molar-refractivity contribution in [1.82, 2.24) is 24.4 Å². The molecular formula is C33H32F2N6O5. The lowest BCUT2D eigenvalue weighted by atomic mass is 9.95. The van der Waals surface area contributed by atoms with Crippen molar-refractivity contribution in [3.8, 4) is 5.69 Å². The van der Waals surface area contributed by atoms with Crippen LogP contribution in [0.2, 0.25) is 0 Å². The highest BCUT2D eigenvalue weighted by Gasteiger charge is 2.37. The number of hydrogen-bond donors (Lipinski definition) is 1. The average molecular weight is 631 g/mol. The van der Waals surface area contributed by atoms with Gasteiger partial charge >= 0.3 is 5.69 Å². The van der Waals surface area contributed by atoms with Crippen molar-refractivity contribution in [2.45, 2.75) is 52.9 Å². The van der Waals surface area contributed by atoms with Gasteiger partial charge in [0.1, 0.15) is 17.9 Å². The lowest BCUT2D eigenvalue weighted by Crippen LogP contribution is -2.37. The Labute approximate surface area is 263 Å². The number of hydroxylamine groups is 1. The number of fused-ring (bicyclic) bond motifs is 1. The summed E-state index contributed by atoms with van der Waals surface area (Å²) in [6, 6.07) is 0. The Morgan fingerprint density at radius 1 is 1.02 bits per heavy atom. The summed E-state index contributed by atoms with van der Waals surface area (Å²) in [4.78, 5) is 65.3. The zero-order valence-corrected chi connectivity index (χ0v) is 25.9. The lowest BCUT2D eigenvalue weighted by Gasteiger charge is -2.32. The molecule has 1 aliphatic carbocycles. The fraction of sp³-hybridized carbons (Fsp3) is 0.303. The highest BCUT2D eigenvalue weighted by atomic mass is 19.1. The van der Waals surface area contributed by atoms with Crippen LogP contribution >= 0.6 is 0 Å². The van der Waals surface area contributed by atoms with Crippen LogP contribution in [0.15, 0.2) is 70.5 Å². The van der Waals surface area contributed by atoms with Crippen molar-refractivity contribution in [2.24, 2.45) is 0 Å². The first-order valence-electron chi connectivity index (χ1n) is 14.7. The predicted molar refractivity (Wildman–Crippen MR) is 166 cm³/mol. The van der Waals surface area contributed by atoms with Gasteiger partial charge in [-0.05, 0) is 55.1 Å². The van der Waals surface area contributed by atoms with Gasteiger partial charge in [0.2, 0.25) is 5.91 Å². The maximum atomic E-state index is 16.0. The molecule has 13 heteroatoms. The van der Waals surface area contributed by atoms with Crippen molar-refractivity contribution in [1.29, 1.82) is 0 Å². The number of hydrogen-bond acceptors (Lipinski definition) is 9. The van der Waals surface area contributed by atoms with Crippen LogP contribution in [0.3, 0.4) is 0 Å². The molecule has 0 unspecified atom stereocenters. The first-order chi connectivity index (χ1) is 21.8. The Bertz CT molecular complexity index is 1890. The number of amides is 1. The SMILES string of the molecule is CC(=O)/C=C/C(=O)N1CC=C(c2nc(=O)n(-c3c(C(C)C)ncnc3C(C)C)c3c2C=C(F)/C(=C2/C(=O)C=CC=C2F)N3O)CC1. The van der Waals surface area contributed by atoms with Gasteiger partial charge < -0.3 is 4.90 Å². The summed E-state index contributed by atoms with van der Waals surface area (Å²) in [5, 5.41) is 12.0. The molecule has 0 saturated heterocycles. The Morgan fingerprint density at radius 2 is 1.70 bits per heavy atom. The van der Waals surface area contributed by atoms with E-state index < -0.39 is 34.4 Å². The number of carbonyl (C=O) groups excluding carboxylic acids is 3. The molecule has 0 aromatic carbocycles. The molecule has 0 radical (unpaired) electrons. The second-order valence-corrected chi connectivity index (χ2v) is 11.6. The van der Waals surface area contributed by atoms with Crippen molar-refractivity contribution in [3.63, 3.8) is 0 Å². The van der Waals surface area contributed by atoms with Gasteiger partial charge in [-0.1, -0.05) is 39.8 Å². The van der Waals surface area contributed by atoms with Crippen LogP contribution in [0.5, 0.6) is 0 Å². The molecule has 3 aliphatic rings. The highest BCUT2D eigenvalue weighted by molar-refractivity contribution is 6.10. The molecule has 11 nitrogen and oxygen atoms in total. The molecule has 1 N–H and O–H groups in total. The Balaban J connectivity index is 1.79. The van der Waals surface area contributed by atoms with E-state index in [0.717, 1.165) is 22.8 Å². The van der Waals surface area contributed by atoms with E-state index in [2.05, 4.69) is 15.0 Å². The number of ketones is 2. The number of halogens is 2. The van der Waals surface area contributed by atoms with Gasteiger partial charge in [0, 0.05) is 24.7 Å². The van der Waals surface area contributed by atoms with Crippen LogP contribution in [-0.2, 0) is 14.4 Å². The number of rotatable bonds is 6. The zero-order chi connectivity index (χ0) is 33.4. The monoisotopic (exact) mass is 630 g/mol. The number of nitrogens with zero attached hydrogens (tertiary/aromatic N) is 6. The molecular weight excluding hydrogens is 598 g/mol. The van der Waals surface area contributed by atoms with Crippen LogP contribution in [0.1, 0.15) is 75.5 Å². The zero-order valence-electron chi connectivity index (χ0n) is 25.9. The topological polar surface area (TPSA) is 139 Å². The molecule has 5 rings (SSSR count).